The van der Waals surface area contributed by atoms with Crippen LogP contribution in [0.1, 0.15) is 12.8 Å². The van der Waals surface area contributed by atoms with Crippen LogP contribution in [0.15, 0.2) is 22.7 Å². The second-order valence-electron chi connectivity index (χ2n) is 3.50. The molecule has 0 aliphatic heterocycles. The molecule has 4 nitrogen and oxygen atoms in total. The summed E-state index contributed by atoms with van der Waals surface area (Å²) in [6, 6.07) is 4.39. The van der Waals surface area contributed by atoms with Gasteiger partial charge in [-0.25, -0.2) is 17.9 Å². The van der Waals surface area contributed by atoms with E-state index in [0.29, 0.717) is 12.8 Å². The Bertz CT molecular complexity index is 478. The van der Waals surface area contributed by atoms with Gasteiger partial charge in [-0.1, -0.05) is 15.9 Å². The minimum absolute atomic E-state index is 0.0860. The molecule has 2 N–H and O–H groups in total. The molecule has 0 radical (unpaired) electrons. The van der Waals surface area contributed by atoms with Gasteiger partial charge in [-0.3, -0.25) is 0 Å². The molecule has 1 aromatic carbocycles. The van der Waals surface area contributed by atoms with Gasteiger partial charge < -0.3 is 4.74 Å². The van der Waals surface area contributed by atoms with Gasteiger partial charge in [-0.05, 0) is 31.0 Å². The largest absolute Gasteiger partial charge is 0.490 e. The number of ether oxygens (including phenoxy) is 1. The van der Waals surface area contributed by atoms with E-state index in [-0.39, 0.29) is 18.1 Å². The Morgan fingerprint density at radius 2 is 2.06 bits per heavy atom. The summed E-state index contributed by atoms with van der Waals surface area (Å²) in [7, 11) is -3.42. The standard InChI is InChI=1S/C10H13BrFNO3S/c11-8-3-4-9(12)10(7-8)16-5-1-2-6-17(13,14)15/h3-4,7H,1-2,5-6H2,(H2,13,14,15). The normalized spacial score (nSPS) is 11.5. The lowest BCUT2D eigenvalue weighted by molar-refractivity contribution is 0.294. The Kier molecular flexibility index (Phi) is 5.35. The maximum absolute atomic E-state index is 13.2. The first kappa shape index (κ1) is 14.4. The zero-order valence-electron chi connectivity index (χ0n) is 9.03. The molecule has 0 aromatic heterocycles. The number of nitrogens with two attached hydrogens (primary N) is 1. The molecule has 0 saturated carbocycles. The van der Waals surface area contributed by atoms with E-state index in [1.807, 2.05) is 0 Å². The summed E-state index contributed by atoms with van der Waals surface area (Å²) in [4.78, 5) is 0. The summed E-state index contributed by atoms with van der Waals surface area (Å²) >= 11 is 3.20. The molecule has 7 heteroatoms. The molecular weight excluding hydrogens is 313 g/mol. The van der Waals surface area contributed by atoms with Crippen molar-refractivity contribution in [1.29, 1.82) is 0 Å². The minimum Gasteiger partial charge on any atom is -0.490 e. The second-order valence-corrected chi connectivity index (χ2v) is 6.15. The van der Waals surface area contributed by atoms with Gasteiger partial charge in [0.1, 0.15) is 0 Å². The molecule has 1 aromatic rings. The highest BCUT2D eigenvalue weighted by molar-refractivity contribution is 9.10. The van der Waals surface area contributed by atoms with Crippen molar-refractivity contribution >= 4 is 26.0 Å². The van der Waals surface area contributed by atoms with E-state index in [1.54, 1.807) is 6.07 Å². The third kappa shape index (κ3) is 5.99. The van der Waals surface area contributed by atoms with Crippen LogP contribution in [0.2, 0.25) is 0 Å². The predicted molar refractivity (Wildman–Crippen MR) is 66.8 cm³/mol. The first-order valence-corrected chi connectivity index (χ1v) is 7.47. The molecular formula is C10H13BrFNO3S. The summed E-state index contributed by atoms with van der Waals surface area (Å²) in [5, 5.41) is 4.84. The number of rotatable bonds is 6. The van der Waals surface area contributed by atoms with Crippen LogP contribution in [-0.2, 0) is 10.0 Å². The van der Waals surface area contributed by atoms with Crippen LogP contribution in [0.5, 0.6) is 5.75 Å². The van der Waals surface area contributed by atoms with Gasteiger partial charge in [0.25, 0.3) is 0 Å². The number of hydrogen-bond acceptors (Lipinski definition) is 3. The highest BCUT2D eigenvalue weighted by Gasteiger charge is 2.05. The summed E-state index contributed by atoms with van der Waals surface area (Å²) < 4.78 is 40.4. The molecule has 0 atom stereocenters. The fraction of sp³-hybridized carbons (Fsp3) is 0.400. The summed E-state index contributed by atoms with van der Waals surface area (Å²) in [6.45, 7) is 0.253. The van der Waals surface area contributed by atoms with Crippen LogP contribution in [0, 0.1) is 5.82 Å². The van der Waals surface area contributed by atoms with Crippen LogP contribution in [0.25, 0.3) is 0 Å². The van der Waals surface area contributed by atoms with E-state index in [1.165, 1.54) is 12.1 Å². The fourth-order valence-corrected chi connectivity index (χ4v) is 2.12. The fourth-order valence-electron chi connectivity index (χ4n) is 1.18. The van der Waals surface area contributed by atoms with Gasteiger partial charge in [-0.15, -0.1) is 0 Å². The van der Waals surface area contributed by atoms with Crippen molar-refractivity contribution < 1.29 is 17.5 Å². The van der Waals surface area contributed by atoms with Gasteiger partial charge >= 0.3 is 0 Å². The number of unbranched alkanes of at least 4 members (excludes halogenated alkanes) is 1. The predicted octanol–water partition coefficient (Wildman–Crippen LogP) is 2.04. The van der Waals surface area contributed by atoms with Gasteiger partial charge in [0, 0.05) is 4.47 Å². The number of sulfonamides is 1. The summed E-state index contributed by atoms with van der Waals surface area (Å²) in [5.41, 5.74) is 0. The average Bonchev–Trinajstić information content (AvgIpc) is 2.21. The minimum atomic E-state index is -3.42. The molecule has 0 heterocycles. The van der Waals surface area contributed by atoms with Crippen molar-refractivity contribution in [2.75, 3.05) is 12.4 Å². The molecule has 0 bridgehead atoms. The smallest absolute Gasteiger partial charge is 0.209 e. The first-order chi connectivity index (χ1) is 7.88. The number of primary sulfonamides is 1. The van der Waals surface area contributed by atoms with E-state index < -0.39 is 15.8 Å². The Labute approximate surface area is 108 Å². The van der Waals surface area contributed by atoms with E-state index in [4.69, 9.17) is 9.88 Å². The first-order valence-electron chi connectivity index (χ1n) is 4.97. The molecule has 0 amide bonds. The third-order valence-electron chi connectivity index (χ3n) is 1.97. The van der Waals surface area contributed by atoms with Crippen LogP contribution in [-0.4, -0.2) is 20.8 Å². The quantitative estimate of drug-likeness (QED) is 0.813. The summed E-state index contributed by atoms with van der Waals surface area (Å²) in [6.07, 6.45) is 0.900. The number of hydrogen-bond donors (Lipinski definition) is 1. The van der Waals surface area contributed by atoms with Crippen molar-refractivity contribution in [2.45, 2.75) is 12.8 Å². The van der Waals surface area contributed by atoms with Crippen molar-refractivity contribution in [3.63, 3.8) is 0 Å². The van der Waals surface area contributed by atoms with Crippen LogP contribution in [0.4, 0.5) is 4.39 Å². The monoisotopic (exact) mass is 325 g/mol. The molecule has 0 unspecified atom stereocenters. The van der Waals surface area contributed by atoms with Crippen molar-refractivity contribution in [3.05, 3.63) is 28.5 Å². The molecule has 17 heavy (non-hydrogen) atoms. The lowest BCUT2D eigenvalue weighted by atomic mass is 10.3. The van der Waals surface area contributed by atoms with Gasteiger partial charge in [0.15, 0.2) is 11.6 Å². The topological polar surface area (TPSA) is 69.4 Å². The van der Waals surface area contributed by atoms with Crippen LogP contribution < -0.4 is 9.88 Å². The second kappa shape index (κ2) is 6.32. The number of benzene rings is 1. The van der Waals surface area contributed by atoms with Crippen LogP contribution in [0.3, 0.4) is 0 Å². The Balaban J connectivity index is 2.34. The third-order valence-corrected chi connectivity index (χ3v) is 3.32. The molecule has 0 spiro atoms. The van der Waals surface area contributed by atoms with E-state index in [9.17, 15) is 12.8 Å². The Morgan fingerprint density at radius 3 is 2.71 bits per heavy atom. The van der Waals surface area contributed by atoms with Crippen molar-refractivity contribution in [1.82, 2.24) is 0 Å². The molecule has 1 rings (SSSR count). The van der Waals surface area contributed by atoms with E-state index in [0.717, 1.165) is 4.47 Å². The maximum Gasteiger partial charge on any atom is 0.209 e. The van der Waals surface area contributed by atoms with E-state index >= 15 is 0 Å². The molecule has 0 aliphatic rings. The lowest BCUT2D eigenvalue weighted by Gasteiger charge is -2.07. The van der Waals surface area contributed by atoms with Crippen molar-refractivity contribution in [3.8, 4) is 5.75 Å². The summed E-state index contributed by atoms with van der Waals surface area (Å²) in [5.74, 6) is -0.383. The highest BCUT2D eigenvalue weighted by Crippen LogP contribution is 2.22. The molecule has 96 valence electrons. The highest BCUT2D eigenvalue weighted by atomic mass is 79.9. The van der Waals surface area contributed by atoms with Gasteiger partial charge in [0.2, 0.25) is 10.0 Å². The lowest BCUT2D eigenvalue weighted by Crippen LogP contribution is -2.16. The maximum atomic E-state index is 13.2. The van der Waals surface area contributed by atoms with Gasteiger partial charge in [-0.2, -0.15) is 0 Å². The zero-order valence-corrected chi connectivity index (χ0v) is 11.4. The van der Waals surface area contributed by atoms with Gasteiger partial charge in [0.05, 0.1) is 12.4 Å². The molecule has 0 fully saturated rings. The van der Waals surface area contributed by atoms with Crippen molar-refractivity contribution in [2.24, 2.45) is 5.14 Å². The molecule has 0 saturated heterocycles. The Hall–Kier alpha value is -0.660. The number of halogens is 2. The zero-order chi connectivity index (χ0) is 12.9. The average molecular weight is 326 g/mol. The van der Waals surface area contributed by atoms with Crippen LogP contribution >= 0.6 is 15.9 Å². The van der Waals surface area contributed by atoms with E-state index in [2.05, 4.69) is 15.9 Å². The SMILES string of the molecule is NS(=O)(=O)CCCCOc1cc(Br)ccc1F. The Morgan fingerprint density at radius 1 is 1.35 bits per heavy atom. The molecule has 0 aliphatic carbocycles.